The molecule has 0 saturated carbocycles. The number of benzene rings is 4. The van der Waals surface area contributed by atoms with E-state index in [1.54, 1.807) is 111 Å². The van der Waals surface area contributed by atoms with Crippen LogP contribution in [-0.2, 0) is 25.8 Å². The van der Waals surface area contributed by atoms with Crippen LogP contribution in [0.15, 0.2) is 103 Å². The van der Waals surface area contributed by atoms with Crippen LogP contribution in [0.1, 0.15) is 31.2 Å². The fourth-order valence-electron chi connectivity index (χ4n) is 4.45. The van der Waals surface area contributed by atoms with Crippen molar-refractivity contribution in [2.24, 2.45) is 0 Å². The van der Waals surface area contributed by atoms with Gasteiger partial charge in [-0.1, -0.05) is 71.6 Å². The molecule has 4 aromatic rings. The highest BCUT2D eigenvalue weighted by molar-refractivity contribution is 6.51. The van der Waals surface area contributed by atoms with Crippen LogP contribution in [0.2, 0.25) is 0 Å². The number of carbonyl (C=O) groups is 4. The van der Waals surface area contributed by atoms with Crippen molar-refractivity contribution in [3.05, 3.63) is 109 Å². The highest BCUT2D eigenvalue weighted by atomic mass is 16.5. The molecule has 4 aromatic carbocycles. The highest BCUT2D eigenvalue weighted by Gasteiger charge is 2.21. The number of nitrogens with one attached hydrogen (secondary N) is 2. The first-order chi connectivity index (χ1) is 23.7. The molecule has 0 saturated heterocycles. The van der Waals surface area contributed by atoms with E-state index in [2.05, 4.69) is 10.5 Å². The number of carboxylic acids is 2. The van der Waals surface area contributed by atoms with E-state index < -0.39 is 36.0 Å². The Morgan fingerprint density at radius 2 is 1.06 bits per heavy atom. The van der Waals surface area contributed by atoms with E-state index >= 15 is 0 Å². The van der Waals surface area contributed by atoms with Crippen molar-refractivity contribution in [1.29, 1.82) is 0 Å². The number of hydrogen-bond donors (Lipinski definition) is 5. The Morgan fingerprint density at radius 1 is 0.592 bits per heavy atom. The summed E-state index contributed by atoms with van der Waals surface area (Å²) in [7, 11) is 3.08. The van der Waals surface area contributed by atoms with Crippen molar-refractivity contribution in [3.8, 4) is 23.0 Å². The van der Waals surface area contributed by atoms with Crippen molar-refractivity contribution in [1.82, 2.24) is 10.5 Å². The van der Waals surface area contributed by atoms with E-state index in [-0.39, 0.29) is 38.0 Å². The molecule has 12 nitrogen and oxygen atoms in total. The number of carbonyl (C=O) groups excluding carboxylic acids is 2. The summed E-state index contributed by atoms with van der Waals surface area (Å²) in [5.74, 6) is -1.67. The molecular formula is C35H34B2N2O10. The number of esters is 2. The normalized spacial score (nSPS) is 11.9. The Kier molecular flexibility index (Phi) is 14.0. The molecule has 14 heteroatoms. The SMILES string of the molecule is O=C(CC[C@H](N[B]c1ccc(Oc2ccc([B]N[C@@H](CCC(=O)Oc3ccccc3CO)C(=O)O)cc2)cc1)C(=O)O)Oc1ccccc1. The largest absolute Gasteiger partial charge is 0.480 e. The highest BCUT2D eigenvalue weighted by Crippen LogP contribution is 2.20. The van der Waals surface area contributed by atoms with Crippen LogP contribution in [0.5, 0.6) is 23.0 Å². The molecule has 2 radical (unpaired) electrons. The maximum Gasteiger partial charge on any atom is 0.319 e. The molecule has 49 heavy (non-hydrogen) atoms. The second kappa shape index (κ2) is 18.8. The van der Waals surface area contributed by atoms with Crippen LogP contribution < -0.4 is 35.6 Å². The third-order valence-electron chi connectivity index (χ3n) is 7.11. The summed E-state index contributed by atoms with van der Waals surface area (Å²) < 4.78 is 16.4. The van der Waals surface area contributed by atoms with E-state index in [0.717, 1.165) is 0 Å². The lowest BCUT2D eigenvalue weighted by molar-refractivity contribution is -0.141. The zero-order valence-electron chi connectivity index (χ0n) is 26.4. The van der Waals surface area contributed by atoms with Gasteiger partial charge in [0.25, 0.3) is 0 Å². The number of ether oxygens (including phenoxy) is 3. The zero-order valence-corrected chi connectivity index (χ0v) is 26.4. The number of aliphatic hydroxyl groups is 1. The van der Waals surface area contributed by atoms with Crippen LogP contribution in [-0.4, -0.2) is 66.1 Å². The smallest absolute Gasteiger partial charge is 0.319 e. The summed E-state index contributed by atoms with van der Waals surface area (Å²) in [5, 5.41) is 34.2. The molecule has 0 aliphatic rings. The second-order valence-corrected chi connectivity index (χ2v) is 10.7. The van der Waals surface area contributed by atoms with Gasteiger partial charge in [-0.2, -0.15) is 0 Å². The summed E-state index contributed by atoms with van der Waals surface area (Å²) in [5.41, 5.74) is 1.82. The molecule has 0 aromatic heterocycles. The van der Waals surface area contributed by atoms with E-state index in [9.17, 15) is 34.5 Å². The Morgan fingerprint density at radius 3 is 1.55 bits per heavy atom. The van der Waals surface area contributed by atoms with Crippen molar-refractivity contribution in [2.45, 2.75) is 44.4 Å². The van der Waals surface area contributed by atoms with Crippen LogP contribution in [0, 0.1) is 0 Å². The Bertz CT molecular complexity index is 1690. The quantitative estimate of drug-likeness (QED) is 0.0562. The maximum absolute atomic E-state index is 12.3. The first-order valence-electron chi connectivity index (χ1n) is 15.4. The molecule has 0 unspecified atom stereocenters. The molecule has 4 rings (SSSR count). The van der Waals surface area contributed by atoms with Crippen molar-refractivity contribution in [2.75, 3.05) is 0 Å². The predicted octanol–water partition coefficient (Wildman–Crippen LogP) is 2.32. The lowest BCUT2D eigenvalue weighted by atomic mass is 9.81. The zero-order chi connectivity index (χ0) is 35.0. The lowest BCUT2D eigenvalue weighted by Gasteiger charge is -2.14. The van der Waals surface area contributed by atoms with Crippen molar-refractivity contribution in [3.63, 3.8) is 0 Å². The predicted molar refractivity (Wildman–Crippen MR) is 181 cm³/mol. The Labute approximate surface area is 284 Å². The number of rotatable bonds is 19. The fourth-order valence-corrected chi connectivity index (χ4v) is 4.45. The average molecular weight is 664 g/mol. The van der Waals surface area contributed by atoms with Gasteiger partial charge in [0.2, 0.25) is 14.8 Å². The number of carboxylic acid groups (broad SMARTS) is 2. The van der Waals surface area contributed by atoms with Gasteiger partial charge < -0.3 is 40.0 Å². The van der Waals surface area contributed by atoms with Crippen LogP contribution in [0.25, 0.3) is 0 Å². The summed E-state index contributed by atoms with van der Waals surface area (Å²) >= 11 is 0. The topological polar surface area (TPSA) is 181 Å². The molecule has 0 amide bonds. The van der Waals surface area contributed by atoms with E-state index in [1.807, 2.05) is 0 Å². The van der Waals surface area contributed by atoms with E-state index in [0.29, 0.717) is 33.7 Å². The molecule has 0 aliphatic heterocycles. The summed E-state index contributed by atoms with van der Waals surface area (Å²) in [6, 6.07) is 26.9. The van der Waals surface area contributed by atoms with Gasteiger partial charge in [0.05, 0.1) is 18.7 Å². The summed E-state index contributed by atoms with van der Waals surface area (Å²) in [6.45, 7) is -0.292. The number of hydrogen-bond acceptors (Lipinski definition) is 10. The van der Waals surface area contributed by atoms with Gasteiger partial charge in [-0.05, 0) is 55.3 Å². The maximum atomic E-state index is 12.3. The van der Waals surface area contributed by atoms with Gasteiger partial charge in [-0.15, -0.1) is 0 Å². The Hall–Kier alpha value is -5.43. The van der Waals surface area contributed by atoms with E-state index in [1.165, 1.54) is 7.41 Å². The third kappa shape index (κ3) is 12.3. The van der Waals surface area contributed by atoms with Gasteiger partial charge in [-0.3, -0.25) is 19.2 Å². The minimum Gasteiger partial charge on any atom is -0.480 e. The molecule has 0 heterocycles. The third-order valence-corrected chi connectivity index (χ3v) is 7.11. The van der Waals surface area contributed by atoms with Crippen LogP contribution in [0.4, 0.5) is 0 Å². The van der Waals surface area contributed by atoms with Gasteiger partial charge in [0.1, 0.15) is 23.0 Å². The van der Waals surface area contributed by atoms with Gasteiger partial charge in [0.15, 0.2) is 0 Å². The molecule has 0 bridgehead atoms. The minimum absolute atomic E-state index is 0.0174. The second-order valence-electron chi connectivity index (χ2n) is 10.7. The lowest BCUT2D eigenvalue weighted by Crippen LogP contribution is -2.43. The summed E-state index contributed by atoms with van der Waals surface area (Å²) in [4.78, 5) is 47.8. The minimum atomic E-state index is -1.13. The molecule has 0 spiro atoms. The molecule has 250 valence electrons. The van der Waals surface area contributed by atoms with E-state index in [4.69, 9.17) is 14.2 Å². The summed E-state index contributed by atoms with van der Waals surface area (Å²) in [6.07, 6.45) is -0.209. The molecular weight excluding hydrogens is 630 g/mol. The van der Waals surface area contributed by atoms with Gasteiger partial charge >= 0.3 is 23.9 Å². The molecule has 5 N–H and O–H groups in total. The Balaban J connectivity index is 1.19. The number of aliphatic hydroxyl groups excluding tert-OH is 1. The number of aliphatic carboxylic acids is 2. The first-order valence-corrected chi connectivity index (χ1v) is 15.4. The van der Waals surface area contributed by atoms with Gasteiger partial charge in [0, 0.05) is 18.4 Å². The average Bonchev–Trinajstić information content (AvgIpc) is 3.10. The molecule has 0 aliphatic carbocycles. The van der Waals surface area contributed by atoms with Crippen molar-refractivity contribution < 1.29 is 48.7 Å². The van der Waals surface area contributed by atoms with Gasteiger partial charge in [-0.25, -0.2) is 0 Å². The fraction of sp³-hybridized carbons (Fsp3) is 0.200. The van der Waals surface area contributed by atoms with Crippen LogP contribution in [0.3, 0.4) is 0 Å². The van der Waals surface area contributed by atoms with Crippen LogP contribution >= 0.6 is 0 Å². The molecule has 2 atom stereocenters. The number of para-hydroxylation sites is 2. The molecule has 0 fully saturated rings. The van der Waals surface area contributed by atoms with Crippen molar-refractivity contribution >= 4 is 49.6 Å². The standard InChI is InChI=1S/C35H34B2N2O10/c40-22-23-6-4-5-9-31(23)49-33(42)21-19-30(35(45)46)39-37-25-12-16-28(17-13-25)47-27-14-10-24(11-15-27)36-38-29(34(43)44)18-20-32(41)48-26-7-2-1-3-8-26/h1-17,29-30,38-40H,18-22H2,(H,43,44)(H,45,46)/t29-,30-/m0/s1. The first kappa shape index (κ1) is 36.4. The monoisotopic (exact) mass is 664 g/mol.